The van der Waals surface area contributed by atoms with Gasteiger partial charge in [0.05, 0.1) is 0 Å². The van der Waals surface area contributed by atoms with Crippen molar-refractivity contribution < 1.29 is 9.18 Å². The molecule has 0 unspecified atom stereocenters. The number of nitrogens with one attached hydrogen (secondary N) is 1. The quantitative estimate of drug-likeness (QED) is 0.668. The van der Waals surface area contributed by atoms with Crippen LogP contribution in [0.15, 0.2) is 66.5 Å². The third-order valence-corrected chi connectivity index (χ3v) is 6.69. The Balaban J connectivity index is 1.44. The minimum atomic E-state index is -0.326. The van der Waals surface area contributed by atoms with E-state index in [1.54, 1.807) is 12.1 Å². The van der Waals surface area contributed by atoms with Crippen LogP contribution in [0.25, 0.3) is 10.9 Å². The van der Waals surface area contributed by atoms with Gasteiger partial charge in [0, 0.05) is 53.4 Å². The van der Waals surface area contributed by atoms with Crippen molar-refractivity contribution in [1.29, 1.82) is 0 Å². The Morgan fingerprint density at radius 3 is 2.77 bits per heavy atom. The predicted molar refractivity (Wildman–Crippen MR) is 117 cm³/mol. The zero-order valence-corrected chi connectivity index (χ0v) is 17.1. The molecule has 3 aromatic rings. The average molecular weight is 404 g/mol. The first kappa shape index (κ1) is 19.1. The van der Waals surface area contributed by atoms with E-state index >= 15 is 0 Å². The fourth-order valence-corrected chi connectivity index (χ4v) is 4.91. The van der Waals surface area contributed by atoms with E-state index in [0.29, 0.717) is 24.2 Å². The van der Waals surface area contributed by atoms with Crippen LogP contribution in [0.3, 0.4) is 0 Å². The van der Waals surface area contributed by atoms with Gasteiger partial charge < -0.3 is 9.88 Å². The number of hydrogen-bond acceptors (Lipinski definition) is 2. The van der Waals surface area contributed by atoms with Crippen LogP contribution in [0.1, 0.15) is 35.2 Å². The van der Waals surface area contributed by atoms with Crippen LogP contribution in [0.4, 0.5) is 4.39 Å². The molecule has 2 aliphatic heterocycles. The van der Waals surface area contributed by atoms with Crippen LogP contribution in [0.5, 0.6) is 0 Å². The maximum absolute atomic E-state index is 13.4. The average Bonchev–Trinajstić information content (AvgIpc) is 3.24. The summed E-state index contributed by atoms with van der Waals surface area (Å²) < 4.78 is 13.4. The number of H-pyrrole nitrogens is 1. The van der Waals surface area contributed by atoms with E-state index in [4.69, 9.17) is 0 Å². The number of nitrogens with zero attached hydrogens (tertiary/aromatic N) is 2. The molecule has 154 valence electrons. The van der Waals surface area contributed by atoms with E-state index in [2.05, 4.69) is 35.1 Å². The van der Waals surface area contributed by atoms with Crippen molar-refractivity contribution in [1.82, 2.24) is 14.8 Å². The Labute approximate surface area is 176 Å². The van der Waals surface area contributed by atoms with Gasteiger partial charge in [-0.2, -0.15) is 0 Å². The normalized spacial score (nSPS) is 21.1. The van der Waals surface area contributed by atoms with Gasteiger partial charge >= 0.3 is 0 Å². The number of para-hydroxylation sites is 1. The first-order valence-corrected chi connectivity index (χ1v) is 10.7. The van der Waals surface area contributed by atoms with Crippen molar-refractivity contribution in [2.75, 3.05) is 13.6 Å². The molecule has 4 nitrogen and oxygen atoms in total. The van der Waals surface area contributed by atoms with E-state index in [1.165, 1.54) is 29.5 Å². The Kier molecular flexibility index (Phi) is 4.91. The van der Waals surface area contributed by atoms with Crippen molar-refractivity contribution in [3.63, 3.8) is 0 Å². The van der Waals surface area contributed by atoms with Crippen molar-refractivity contribution in [3.8, 4) is 0 Å². The van der Waals surface area contributed by atoms with Gasteiger partial charge in [0.25, 0.3) is 5.91 Å². The highest BCUT2D eigenvalue weighted by molar-refractivity contribution is 5.95. The van der Waals surface area contributed by atoms with Crippen LogP contribution >= 0.6 is 0 Å². The number of benzene rings is 2. The van der Waals surface area contributed by atoms with Gasteiger partial charge in [0.1, 0.15) is 5.82 Å². The number of likely N-dealkylation sites (N-methyl/N-ethyl adjacent to an activating group) is 1. The number of hydrogen-bond donors (Lipinski definition) is 1. The highest BCUT2D eigenvalue weighted by Crippen LogP contribution is 2.35. The highest BCUT2D eigenvalue weighted by Gasteiger charge is 2.36. The Morgan fingerprint density at radius 1 is 1.17 bits per heavy atom. The van der Waals surface area contributed by atoms with E-state index < -0.39 is 0 Å². The van der Waals surface area contributed by atoms with Crippen LogP contribution < -0.4 is 0 Å². The predicted octanol–water partition coefficient (Wildman–Crippen LogP) is 4.74. The van der Waals surface area contributed by atoms with Gasteiger partial charge in [-0.05, 0) is 68.3 Å². The third kappa shape index (κ3) is 3.43. The van der Waals surface area contributed by atoms with E-state index in [1.807, 2.05) is 23.2 Å². The summed E-state index contributed by atoms with van der Waals surface area (Å²) >= 11 is 0. The molecular formula is C25H26FN3O. The zero-order chi connectivity index (χ0) is 20.7. The summed E-state index contributed by atoms with van der Waals surface area (Å²) in [6, 6.07) is 15.0. The second-order valence-corrected chi connectivity index (χ2v) is 8.40. The standard InChI is InChI=1S/C25H26FN3O/c1-28-20-10-11-21(28)15-22(14-20)29(25(30)17-6-8-19(26)9-7-17)13-12-18-16-27-24-5-3-2-4-23(18)24/h2-9,14,16,20-21,27H,10-13,15H2,1H3/t20-,21+/m1/s1. The number of carbonyl (C=O) groups is 1. The SMILES string of the molecule is CN1[C@H]2CC[C@@H]1C=C(N(CCc1c[nH]c3ccccc13)C(=O)c1ccc(F)cc1)C2. The van der Waals surface area contributed by atoms with Gasteiger partial charge in [-0.3, -0.25) is 9.69 Å². The lowest BCUT2D eigenvalue weighted by Gasteiger charge is -2.35. The number of aromatic nitrogens is 1. The summed E-state index contributed by atoms with van der Waals surface area (Å²) in [7, 11) is 2.17. The number of halogens is 1. The summed E-state index contributed by atoms with van der Waals surface area (Å²) in [4.78, 5) is 21.1. The summed E-state index contributed by atoms with van der Waals surface area (Å²) in [5.74, 6) is -0.376. The first-order valence-electron chi connectivity index (χ1n) is 10.7. The van der Waals surface area contributed by atoms with Crippen molar-refractivity contribution in [2.24, 2.45) is 0 Å². The molecular weight excluding hydrogens is 377 g/mol. The molecule has 5 heteroatoms. The molecule has 5 rings (SSSR count). The first-order chi connectivity index (χ1) is 14.6. The van der Waals surface area contributed by atoms with Crippen LogP contribution in [0, 0.1) is 5.82 Å². The molecule has 2 aromatic carbocycles. The lowest BCUT2D eigenvalue weighted by molar-refractivity contribution is 0.0787. The minimum absolute atomic E-state index is 0.0509. The molecule has 1 aromatic heterocycles. The Morgan fingerprint density at radius 2 is 1.97 bits per heavy atom. The molecule has 2 bridgehead atoms. The molecule has 1 fully saturated rings. The summed E-state index contributed by atoms with van der Waals surface area (Å²) in [5.41, 5.74) is 3.96. The molecule has 0 aliphatic carbocycles. The summed E-state index contributed by atoms with van der Waals surface area (Å²) in [5, 5.41) is 1.20. The van der Waals surface area contributed by atoms with E-state index in [9.17, 15) is 9.18 Å². The maximum Gasteiger partial charge on any atom is 0.258 e. The molecule has 0 saturated carbocycles. The molecule has 0 radical (unpaired) electrons. The fraction of sp³-hybridized carbons (Fsp3) is 0.320. The monoisotopic (exact) mass is 403 g/mol. The molecule has 1 saturated heterocycles. The molecule has 30 heavy (non-hydrogen) atoms. The number of aromatic amines is 1. The Hall–Kier alpha value is -2.92. The van der Waals surface area contributed by atoms with Crippen LogP contribution in [0.2, 0.25) is 0 Å². The second-order valence-electron chi connectivity index (χ2n) is 8.40. The van der Waals surface area contributed by atoms with Gasteiger partial charge in [0.2, 0.25) is 0 Å². The third-order valence-electron chi connectivity index (χ3n) is 6.69. The van der Waals surface area contributed by atoms with Gasteiger partial charge in [-0.15, -0.1) is 0 Å². The second kappa shape index (κ2) is 7.73. The van der Waals surface area contributed by atoms with Gasteiger partial charge in [-0.1, -0.05) is 18.2 Å². The molecule has 1 amide bonds. The van der Waals surface area contributed by atoms with Crippen LogP contribution in [-0.2, 0) is 6.42 Å². The zero-order valence-electron chi connectivity index (χ0n) is 17.1. The van der Waals surface area contributed by atoms with Crippen LogP contribution in [-0.4, -0.2) is 46.4 Å². The molecule has 0 spiro atoms. The lowest BCUT2D eigenvalue weighted by atomic mass is 10.0. The largest absolute Gasteiger partial charge is 0.361 e. The molecule has 3 heterocycles. The molecule has 1 N–H and O–H groups in total. The molecule has 2 atom stereocenters. The van der Waals surface area contributed by atoms with E-state index in [0.717, 1.165) is 30.5 Å². The Bertz CT molecular complexity index is 1100. The van der Waals surface area contributed by atoms with Gasteiger partial charge in [-0.25, -0.2) is 4.39 Å². The number of fused-ring (bicyclic) bond motifs is 3. The van der Waals surface area contributed by atoms with Crippen molar-refractivity contribution in [2.45, 2.75) is 37.8 Å². The van der Waals surface area contributed by atoms with E-state index in [-0.39, 0.29) is 11.7 Å². The number of rotatable bonds is 5. The number of amides is 1. The summed E-state index contributed by atoms with van der Waals surface area (Å²) in [6.07, 6.45) is 8.26. The highest BCUT2D eigenvalue weighted by atomic mass is 19.1. The fourth-order valence-electron chi connectivity index (χ4n) is 4.91. The smallest absolute Gasteiger partial charge is 0.258 e. The lowest BCUT2D eigenvalue weighted by Crippen LogP contribution is -2.41. The van der Waals surface area contributed by atoms with Crippen molar-refractivity contribution >= 4 is 16.8 Å². The summed E-state index contributed by atoms with van der Waals surface area (Å²) in [6.45, 7) is 0.604. The topological polar surface area (TPSA) is 39.3 Å². The van der Waals surface area contributed by atoms with Gasteiger partial charge in [0.15, 0.2) is 0 Å². The number of carbonyl (C=O) groups excluding carboxylic acids is 1. The minimum Gasteiger partial charge on any atom is -0.361 e. The van der Waals surface area contributed by atoms with Crippen molar-refractivity contribution in [3.05, 3.63) is 83.4 Å². The maximum atomic E-state index is 13.4. The molecule has 2 aliphatic rings.